The Morgan fingerprint density at radius 3 is 1.65 bits per heavy atom. The molecule has 0 saturated carbocycles. The summed E-state index contributed by atoms with van der Waals surface area (Å²) in [5.74, 6) is 0. The average Bonchev–Trinajstić information content (AvgIpc) is 2.64. The van der Waals surface area contributed by atoms with E-state index in [4.69, 9.17) is 14.9 Å². The zero-order chi connectivity index (χ0) is 19.6. The van der Waals surface area contributed by atoms with Gasteiger partial charge in [0, 0.05) is 0 Å². The van der Waals surface area contributed by atoms with E-state index in [0.29, 0.717) is 0 Å². The molecule has 0 saturated heterocycles. The number of unbranched alkanes of at least 4 members (excludes halogenated alkanes) is 9. The van der Waals surface area contributed by atoms with E-state index < -0.39 is 31.5 Å². The number of ether oxygens (including phenoxy) is 1. The molecule has 156 valence electrons. The highest BCUT2D eigenvalue weighted by molar-refractivity contribution is 5.67. The van der Waals surface area contributed by atoms with Crippen LogP contribution in [0.3, 0.4) is 0 Å². The molecule has 0 aromatic carbocycles. The summed E-state index contributed by atoms with van der Waals surface area (Å²) >= 11 is 0. The number of amides is 1. The number of aliphatic hydroxyl groups excluding tert-OH is 4. The summed E-state index contributed by atoms with van der Waals surface area (Å²) in [4.78, 5) is 13.1. The summed E-state index contributed by atoms with van der Waals surface area (Å²) in [7, 11) is 0. The first-order valence-corrected chi connectivity index (χ1v) is 10.0. The van der Waals surface area contributed by atoms with Crippen LogP contribution in [0.15, 0.2) is 0 Å². The molecule has 0 heterocycles. The van der Waals surface area contributed by atoms with E-state index in [1.165, 1.54) is 44.9 Å². The first-order valence-electron chi connectivity index (χ1n) is 10.0. The van der Waals surface area contributed by atoms with Gasteiger partial charge in [0.1, 0.15) is 0 Å². The fourth-order valence-corrected chi connectivity index (χ4v) is 2.69. The first-order chi connectivity index (χ1) is 12.5. The van der Waals surface area contributed by atoms with Crippen molar-refractivity contribution in [3.8, 4) is 0 Å². The molecular formula is C19H39NO6. The number of nitrogens with zero attached hydrogens (tertiary/aromatic N) is 1. The zero-order valence-corrected chi connectivity index (χ0v) is 16.3. The minimum atomic E-state index is -1.11. The van der Waals surface area contributed by atoms with Crippen LogP contribution in [0.5, 0.6) is 0 Å². The van der Waals surface area contributed by atoms with Crippen molar-refractivity contribution in [2.24, 2.45) is 0 Å². The second-order valence-corrected chi connectivity index (χ2v) is 6.87. The molecule has 0 aliphatic rings. The van der Waals surface area contributed by atoms with Gasteiger partial charge in [-0.2, -0.15) is 0 Å². The summed E-state index contributed by atoms with van der Waals surface area (Å²) in [5.41, 5.74) is 0. The summed E-state index contributed by atoms with van der Waals surface area (Å²) < 4.78 is 5.17. The highest BCUT2D eigenvalue weighted by Crippen LogP contribution is 2.10. The third-order valence-corrected chi connectivity index (χ3v) is 4.27. The van der Waals surface area contributed by atoms with Crippen LogP contribution in [0.4, 0.5) is 4.79 Å². The Hall–Kier alpha value is -0.890. The molecule has 0 fully saturated rings. The number of hydrogen-bond acceptors (Lipinski definition) is 6. The van der Waals surface area contributed by atoms with E-state index in [2.05, 4.69) is 6.92 Å². The predicted molar refractivity (Wildman–Crippen MR) is 101 cm³/mol. The maximum Gasteiger partial charge on any atom is 0.409 e. The molecule has 2 atom stereocenters. The quantitative estimate of drug-likeness (QED) is 0.289. The van der Waals surface area contributed by atoms with Crippen LogP contribution >= 0.6 is 0 Å². The Labute approximate surface area is 158 Å². The predicted octanol–water partition coefficient (Wildman–Crippen LogP) is 2.05. The lowest BCUT2D eigenvalue weighted by Gasteiger charge is -2.25. The molecule has 0 bridgehead atoms. The van der Waals surface area contributed by atoms with Crippen molar-refractivity contribution in [2.45, 2.75) is 83.3 Å². The van der Waals surface area contributed by atoms with Gasteiger partial charge in [-0.15, -0.1) is 0 Å². The number of carbonyl (C=O) groups excluding carboxylic acids is 1. The fourth-order valence-electron chi connectivity index (χ4n) is 2.69. The molecule has 7 heteroatoms. The standard InChI is InChI=1S/C19H39NO6/c1-2-3-4-5-6-7-8-9-10-11-12-26-19(25)20(13-17(23)15-21)14-18(24)16-22/h17-18,21-24H,2-16H2,1H3. The van der Waals surface area contributed by atoms with E-state index in [9.17, 15) is 15.0 Å². The highest BCUT2D eigenvalue weighted by atomic mass is 16.6. The van der Waals surface area contributed by atoms with Crippen molar-refractivity contribution in [1.29, 1.82) is 0 Å². The monoisotopic (exact) mass is 377 g/mol. The van der Waals surface area contributed by atoms with E-state index in [1.54, 1.807) is 0 Å². The van der Waals surface area contributed by atoms with Gasteiger partial charge >= 0.3 is 6.09 Å². The average molecular weight is 378 g/mol. The Bertz CT molecular complexity index is 317. The number of hydrogen-bond donors (Lipinski definition) is 4. The second-order valence-electron chi connectivity index (χ2n) is 6.87. The van der Waals surface area contributed by atoms with E-state index >= 15 is 0 Å². The van der Waals surface area contributed by atoms with E-state index in [-0.39, 0.29) is 19.7 Å². The van der Waals surface area contributed by atoms with Gasteiger partial charge in [-0.05, 0) is 6.42 Å². The Morgan fingerprint density at radius 2 is 1.23 bits per heavy atom. The minimum Gasteiger partial charge on any atom is -0.449 e. The second kappa shape index (κ2) is 17.5. The third-order valence-electron chi connectivity index (χ3n) is 4.27. The van der Waals surface area contributed by atoms with Gasteiger partial charge in [-0.25, -0.2) is 4.79 Å². The van der Waals surface area contributed by atoms with Gasteiger partial charge in [0.15, 0.2) is 0 Å². The topological polar surface area (TPSA) is 110 Å². The minimum absolute atomic E-state index is 0.148. The Balaban J connectivity index is 3.80. The first kappa shape index (κ1) is 25.1. The molecule has 0 rings (SSSR count). The van der Waals surface area contributed by atoms with Crippen LogP contribution in [0.2, 0.25) is 0 Å². The molecule has 4 N–H and O–H groups in total. The van der Waals surface area contributed by atoms with Crippen molar-refractivity contribution in [2.75, 3.05) is 32.9 Å². The number of rotatable bonds is 17. The molecular weight excluding hydrogens is 338 g/mol. The van der Waals surface area contributed by atoms with Crippen LogP contribution in [-0.2, 0) is 4.74 Å². The lowest BCUT2D eigenvalue weighted by Crippen LogP contribution is -2.44. The van der Waals surface area contributed by atoms with Crippen LogP contribution in [0.25, 0.3) is 0 Å². The SMILES string of the molecule is CCCCCCCCCCCCOC(=O)N(CC(O)CO)CC(O)CO. The van der Waals surface area contributed by atoms with Gasteiger partial charge < -0.3 is 30.1 Å². The number of carbonyl (C=O) groups is 1. The summed E-state index contributed by atoms with van der Waals surface area (Å²) in [6.07, 6.45) is 9.05. The van der Waals surface area contributed by atoms with Gasteiger partial charge in [-0.3, -0.25) is 0 Å². The Kier molecular flexibility index (Phi) is 16.9. The molecule has 0 aromatic rings. The largest absolute Gasteiger partial charge is 0.449 e. The molecule has 1 amide bonds. The van der Waals surface area contributed by atoms with Gasteiger partial charge in [0.05, 0.1) is 45.1 Å². The van der Waals surface area contributed by atoms with Crippen LogP contribution in [-0.4, -0.2) is 76.5 Å². The molecule has 0 aromatic heterocycles. The van der Waals surface area contributed by atoms with Crippen molar-refractivity contribution >= 4 is 6.09 Å². The molecule has 2 unspecified atom stereocenters. The van der Waals surface area contributed by atoms with E-state index in [1.807, 2.05) is 0 Å². The van der Waals surface area contributed by atoms with Gasteiger partial charge in [0.2, 0.25) is 0 Å². The molecule has 0 aliphatic heterocycles. The van der Waals surface area contributed by atoms with Crippen molar-refractivity contribution in [3.05, 3.63) is 0 Å². The van der Waals surface area contributed by atoms with Gasteiger partial charge in [0.25, 0.3) is 0 Å². The molecule has 0 radical (unpaired) electrons. The summed E-state index contributed by atoms with van der Waals surface area (Å²) in [5, 5.41) is 36.7. The number of aliphatic hydroxyl groups is 4. The maximum absolute atomic E-state index is 12.0. The summed E-state index contributed by atoms with van der Waals surface area (Å²) in [6, 6.07) is 0. The molecule has 0 spiro atoms. The normalized spacial score (nSPS) is 13.4. The highest BCUT2D eigenvalue weighted by Gasteiger charge is 2.21. The van der Waals surface area contributed by atoms with Crippen LogP contribution in [0.1, 0.15) is 71.1 Å². The van der Waals surface area contributed by atoms with Crippen molar-refractivity contribution in [3.63, 3.8) is 0 Å². The molecule has 7 nitrogen and oxygen atoms in total. The van der Waals surface area contributed by atoms with E-state index in [0.717, 1.165) is 24.2 Å². The van der Waals surface area contributed by atoms with Gasteiger partial charge in [-0.1, -0.05) is 64.7 Å². The lowest BCUT2D eigenvalue weighted by molar-refractivity contribution is 0.0169. The molecule has 0 aliphatic carbocycles. The maximum atomic E-state index is 12.0. The fraction of sp³-hybridized carbons (Fsp3) is 0.947. The van der Waals surface area contributed by atoms with Crippen LogP contribution < -0.4 is 0 Å². The zero-order valence-electron chi connectivity index (χ0n) is 16.3. The smallest absolute Gasteiger partial charge is 0.409 e. The van der Waals surface area contributed by atoms with Crippen molar-refractivity contribution < 1.29 is 30.0 Å². The molecule has 26 heavy (non-hydrogen) atoms. The van der Waals surface area contributed by atoms with Crippen molar-refractivity contribution in [1.82, 2.24) is 4.90 Å². The lowest BCUT2D eigenvalue weighted by atomic mass is 10.1. The Morgan fingerprint density at radius 1 is 0.808 bits per heavy atom. The van der Waals surface area contributed by atoms with Crippen LogP contribution in [0, 0.1) is 0 Å². The summed E-state index contributed by atoms with van der Waals surface area (Å²) in [6.45, 7) is 1.23. The third kappa shape index (κ3) is 14.3.